The van der Waals surface area contributed by atoms with E-state index in [1.54, 1.807) is 0 Å². The van der Waals surface area contributed by atoms with Crippen molar-refractivity contribution in [1.82, 2.24) is 4.57 Å². The smallest absolute Gasteiger partial charge is 0.251 e. The van der Waals surface area contributed by atoms with Crippen LogP contribution in [0.3, 0.4) is 0 Å². The van der Waals surface area contributed by atoms with Gasteiger partial charge < -0.3 is 19.3 Å². The van der Waals surface area contributed by atoms with Crippen LogP contribution >= 0.6 is 0 Å². The second kappa shape index (κ2) is 21.1. The maximum Gasteiger partial charge on any atom is 0.251 e. The first kappa shape index (κ1) is 61.6. The Balaban J connectivity index is 1.22. The normalized spacial score (nSPS) is 13.9. The molecule has 4 aliphatic heterocycles. The van der Waals surface area contributed by atoms with Gasteiger partial charge in [-0.25, -0.2) is 0 Å². The highest BCUT2D eigenvalue weighted by molar-refractivity contribution is 7.06. The van der Waals surface area contributed by atoms with Crippen molar-refractivity contribution < 1.29 is 0 Å². The Hall–Kier alpha value is -9.25. The number of hydrogen-bond donors (Lipinski definition) is 0. The summed E-state index contributed by atoms with van der Waals surface area (Å²) in [5, 5.41) is 2.50. The summed E-state index contributed by atoms with van der Waals surface area (Å²) in [6.45, 7) is 41.9. The van der Waals surface area contributed by atoms with Gasteiger partial charge in [0.15, 0.2) is 0 Å². The van der Waals surface area contributed by atoms with Crippen LogP contribution in [0.1, 0.15) is 158 Å². The van der Waals surface area contributed by atoms with Crippen LogP contribution < -0.4 is 47.5 Å². The van der Waals surface area contributed by atoms with Crippen LogP contribution in [0.5, 0.6) is 0 Å². The average Bonchev–Trinajstić information content (AvgIpc) is 1.36. The van der Waals surface area contributed by atoms with Gasteiger partial charge in [0.2, 0.25) is 0 Å². The minimum Gasteiger partial charge on any atom is -0.312 e. The lowest BCUT2D eigenvalue weighted by atomic mass is 9.31. The Morgan fingerprint density at radius 1 is 0.271 bits per heavy atom. The molecule has 0 atom stereocenters. The fourth-order valence-corrected chi connectivity index (χ4v) is 16.5. The molecule has 0 spiro atoms. The van der Waals surface area contributed by atoms with Crippen molar-refractivity contribution in [1.29, 1.82) is 0 Å². The van der Waals surface area contributed by atoms with E-state index in [9.17, 15) is 0 Å². The largest absolute Gasteiger partial charge is 0.312 e. The van der Waals surface area contributed by atoms with E-state index in [-0.39, 0.29) is 45.9 Å². The standard InChI is InChI=1S/C90H90B2N4/c1-85(2,3)55-33-43-61(44-34-55)93(62-45-35-56(36-46-62)86(4,5)6)82-79-81-80(92-72-30-22-20-26-66(72)68-28-24-32-76(78(68)92)96(81)75-31-23-27-67-65-25-19-21-29-71(65)91(79)77(67)75)83(94(63-47-37-57(38-48-63)87(7,8)9)64-49-39-58(40-50-64)88(10,11)12)84(82)95-73-51-41-59(89(13,14)15)53-69(73)70-54-60(90(16,17)18)42-52-74(70)95/h19-54H,1-18H3. The first-order valence-corrected chi connectivity index (χ1v) is 35.1. The summed E-state index contributed by atoms with van der Waals surface area (Å²) in [7, 11) is 0. The number of anilines is 9. The fraction of sp³-hybridized carbons (Fsp3) is 0.267. The van der Waals surface area contributed by atoms with Gasteiger partial charge in [0.1, 0.15) is 0 Å². The molecule has 0 aliphatic carbocycles. The van der Waals surface area contributed by atoms with Crippen molar-refractivity contribution in [2.24, 2.45) is 0 Å². The van der Waals surface area contributed by atoms with Gasteiger partial charge >= 0.3 is 0 Å². The molecule has 16 rings (SSSR count). The molecule has 0 bridgehead atoms. The number of benzene rings is 11. The van der Waals surface area contributed by atoms with Crippen LogP contribution in [0.4, 0.5) is 51.2 Å². The van der Waals surface area contributed by atoms with Crippen LogP contribution in [0.2, 0.25) is 0 Å². The fourth-order valence-electron chi connectivity index (χ4n) is 16.5. The van der Waals surface area contributed by atoms with Crippen LogP contribution in [0.15, 0.2) is 218 Å². The molecule has 6 heteroatoms. The Kier molecular flexibility index (Phi) is 13.6. The predicted molar refractivity (Wildman–Crippen MR) is 417 cm³/mol. The maximum atomic E-state index is 2.76. The molecule has 4 nitrogen and oxygen atoms in total. The van der Waals surface area contributed by atoms with Crippen LogP contribution in [0, 0.1) is 0 Å². The first-order chi connectivity index (χ1) is 45.5. The number of fused-ring (bicyclic) bond motifs is 13. The number of aromatic nitrogens is 1. The van der Waals surface area contributed by atoms with E-state index in [4.69, 9.17) is 0 Å². The average molecular weight is 1250 g/mol. The van der Waals surface area contributed by atoms with E-state index in [0.29, 0.717) is 0 Å². The minimum absolute atomic E-state index is 0.0851. The van der Waals surface area contributed by atoms with Crippen molar-refractivity contribution in [3.8, 4) is 27.9 Å². The summed E-state index contributed by atoms with van der Waals surface area (Å²) in [4.78, 5) is 8.18. The second-order valence-corrected chi connectivity index (χ2v) is 34.2. The van der Waals surface area contributed by atoms with E-state index < -0.39 is 0 Å². The van der Waals surface area contributed by atoms with Crippen molar-refractivity contribution in [2.45, 2.75) is 157 Å². The monoisotopic (exact) mass is 1250 g/mol. The van der Waals surface area contributed by atoms with E-state index in [2.05, 4.69) is 362 Å². The summed E-state index contributed by atoms with van der Waals surface area (Å²) < 4.78 is 2.76. The van der Waals surface area contributed by atoms with E-state index in [1.165, 1.54) is 127 Å². The molecule has 476 valence electrons. The zero-order valence-corrected chi connectivity index (χ0v) is 59.7. The molecule has 0 N–H and O–H groups in total. The second-order valence-electron chi connectivity index (χ2n) is 34.2. The zero-order valence-electron chi connectivity index (χ0n) is 59.7. The van der Waals surface area contributed by atoms with Gasteiger partial charge in [-0.2, -0.15) is 0 Å². The third-order valence-corrected chi connectivity index (χ3v) is 21.8. The lowest BCUT2D eigenvalue weighted by Gasteiger charge is -2.47. The van der Waals surface area contributed by atoms with Crippen molar-refractivity contribution in [3.05, 3.63) is 252 Å². The third-order valence-electron chi connectivity index (χ3n) is 21.8. The lowest BCUT2D eigenvalue weighted by Crippen LogP contribution is -2.64. The van der Waals surface area contributed by atoms with Gasteiger partial charge in [-0.05, 0) is 195 Å². The molecule has 0 fully saturated rings. The zero-order chi connectivity index (χ0) is 67.2. The van der Waals surface area contributed by atoms with Gasteiger partial charge in [-0.1, -0.05) is 269 Å². The maximum absolute atomic E-state index is 2.76. The SMILES string of the molecule is CC(C)(C)c1ccc(N(c2ccc(C(C)(C)C)cc2)c2c3c4c(c(N(c5ccc(C(C)(C)C)cc5)c5ccc(C(C)(C)C)cc5)c2-n2c5ccc(C(C)(C)C)cc5c5cc(C(C)(C)C)ccc52)B2c5ccccc5-c5cccc(c52)N4c2cccc4c2B3c2ccccc2-4)cc1. The van der Waals surface area contributed by atoms with E-state index in [1.807, 2.05) is 0 Å². The van der Waals surface area contributed by atoms with Crippen LogP contribution in [-0.2, 0) is 32.5 Å². The summed E-state index contributed by atoms with van der Waals surface area (Å²) in [6, 6.07) is 86.6. The molecular weight excluding hydrogens is 1160 g/mol. The van der Waals surface area contributed by atoms with Crippen LogP contribution in [-0.4, -0.2) is 18.0 Å². The quantitative estimate of drug-likeness (QED) is 0.148. The minimum atomic E-state index is -0.176. The number of rotatable bonds is 7. The van der Waals surface area contributed by atoms with Crippen molar-refractivity contribution >= 4 is 119 Å². The number of nitrogens with zero attached hydrogens (tertiary/aromatic N) is 4. The van der Waals surface area contributed by atoms with E-state index >= 15 is 0 Å². The van der Waals surface area contributed by atoms with Gasteiger partial charge in [-0.3, -0.25) is 0 Å². The highest BCUT2D eigenvalue weighted by atomic mass is 15.2. The van der Waals surface area contributed by atoms with Crippen molar-refractivity contribution in [2.75, 3.05) is 14.7 Å². The van der Waals surface area contributed by atoms with E-state index in [0.717, 1.165) is 39.8 Å². The highest BCUT2D eigenvalue weighted by Crippen LogP contribution is 2.55. The molecule has 4 aliphatic rings. The molecule has 96 heavy (non-hydrogen) atoms. The lowest BCUT2D eigenvalue weighted by molar-refractivity contribution is 0.590. The Labute approximate surface area is 571 Å². The first-order valence-electron chi connectivity index (χ1n) is 35.1. The Morgan fingerprint density at radius 3 is 0.875 bits per heavy atom. The predicted octanol–water partition coefficient (Wildman–Crippen LogP) is 20.6. The molecule has 0 saturated heterocycles. The Bertz CT molecular complexity index is 4730. The summed E-state index contributed by atoms with van der Waals surface area (Å²) in [6.07, 6.45) is 0. The molecule has 5 heterocycles. The third kappa shape index (κ3) is 9.45. The molecule has 1 aromatic heterocycles. The van der Waals surface area contributed by atoms with Crippen LogP contribution in [0.25, 0.3) is 49.7 Å². The molecule has 11 aromatic carbocycles. The molecule has 0 unspecified atom stereocenters. The molecule has 0 radical (unpaired) electrons. The Morgan fingerprint density at radius 2 is 0.562 bits per heavy atom. The molecule has 0 amide bonds. The molecule has 0 saturated carbocycles. The topological polar surface area (TPSA) is 14.7 Å². The van der Waals surface area contributed by atoms with Crippen molar-refractivity contribution in [3.63, 3.8) is 0 Å². The summed E-state index contributed by atoms with van der Waals surface area (Å²) in [5.41, 5.74) is 34.2. The molecule has 12 aromatic rings. The summed E-state index contributed by atoms with van der Waals surface area (Å²) in [5.74, 6) is 0. The summed E-state index contributed by atoms with van der Waals surface area (Å²) >= 11 is 0. The van der Waals surface area contributed by atoms with Gasteiger partial charge in [0.05, 0.1) is 28.1 Å². The number of hydrogen-bond acceptors (Lipinski definition) is 3. The highest BCUT2D eigenvalue weighted by Gasteiger charge is 2.54. The van der Waals surface area contributed by atoms with Gasteiger partial charge in [0, 0.05) is 50.6 Å². The van der Waals surface area contributed by atoms with Gasteiger partial charge in [-0.15, -0.1) is 0 Å². The van der Waals surface area contributed by atoms with Gasteiger partial charge in [0.25, 0.3) is 13.4 Å². The molecular formula is C90H90B2N4.